The lowest BCUT2D eigenvalue weighted by atomic mass is 10.0. The van der Waals surface area contributed by atoms with Gasteiger partial charge in [-0.1, -0.05) is 60.7 Å². The van der Waals surface area contributed by atoms with E-state index in [-0.39, 0.29) is 18.9 Å². The molecule has 2 aliphatic heterocycles. The summed E-state index contributed by atoms with van der Waals surface area (Å²) in [6, 6.07) is 16.7. The molecule has 2 heterocycles. The zero-order chi connectivity index (χ0) is 35.5. The summed E-state index contributed by atoms with van der Waals surface area (Å²) in [6.45, 7) is 7.67. The summed E-state index contributed by atoms with van der Waals surface area (Å²) < 4.78 is 29.3. The highest BCUT2D eigenvalue weighted by Gasteiger charge is 2.32. The number of ether oxygens (including phenoxy) is 5. The van der Waals surface area contributed by atoms with Crippen molar-refractivity contribution >= 4 is 57.9 Å². The molecule has 1 N–H and O–H groups in total. The molecule has 3 aromatic rings. The first-order chi connectivity index (χ1) is 24.2. The molecular formula is C37H41ClN2O8S2. The molecular weight excluding hydrogens is 700 g/mol. The molecule has 2 fully saturated rings. The molecule has 0 bridgehead atoms. The van der Waals surface area contributed by atoms with Gasteiger partial charge in [-0.15, -0.1) is 0 Å². The predicted molar refractivity (Wildman–Crippen MR) is 200 cm³/mol. The molecule has 0 unspecified atom stereocenters. The molecule has 50 heavy (non-hydrogen) atoms. The van der Waals surface area contributed by atoms with Crippen LogP contribution in [0.15, 0.2) is 59.5 Å². The van der Waals surface area contributed by atoms with Gasteiger partial charge >= 0.3 is 5.97 Å². The lowest BCUT2D eigenvalue weighted by molar-refractivity contribution is -0.136. The second kappa shape index (κ2) is 18.4. The van der Waals surface area contributed by atoms with E-state index in [1.165, 1.54) is 18.9 Å². The van der Waals surface area contributed by atoms with Crippen LogP contribution in [0.4, 0.5) is 0 Å². The molecule has 0 radical (unpaired) electrons. The molecule has 266 valence electrons. The molecule has 3 aromatic carbocycles. The number of thioether (sulfide) groups is 1. The van der Waals surface area contributed by atoms with E-state index in [0.717, 1.165) is 42.7 Å². The Hall–Kier alpha value is -3.81. The van der Waals surface area contributed by atoms with Crippen molar-refractivity contribution in [2.45, 2.75) is 26.2 Å². The predicted octanol–water partition coefficient (Wildman–Crippen LogP) is 6.81. The highest BCUT2D eigenvalue weighted by molar-refractivity contribution is 8.26. The first-order valence-corrected chi connectivity index (χ1v) is 18.1. The number of methoxy groups -OCH3 is 1. The Bertz CT molecular complexity index is 1710. The van der Waals surface area contributed by atoms with Crippen LogP contribution in [0.3, 0.4) is 0 Å². The molecule has 5 rings (SSSR count). The molecule has 0 atom stereocenters. The van der Waals surface area contributed by atoms with E-state index in [1.54, 1.807) is 23.1 Å². The number of rotatable bonds is 17. The highest BCUT2D eigenvalue weighted by Crippen LogP contribution is 2.37. The van der Waals surface area contributed by atoms with Crippen LogP contribution in [-0.4, -0.2) is 97.4 Å². The maximum atomic E-state index is 13.6. The number of hydrogen-bond donors (Lipinski definition) is 1. The van der Waals surface area contributed by atoms with E-state index in [4.69, 9.17) is 52.6 Å². The number of carboxylic acids is 1. The lowest BCUT2D eigenvalue weighted by Gasteiger charge is -2.26. The standard InChI is InChI=1S/C37H41ClN2O8S2/c1-3-15-46-31-10-7-27(23-29(31)38)26-6-9-30(48-19-14-39-12-17-45-18-13-39)28(22-26)24-34-36(43)40(37(49)50-34)11-4-16-47-33-20-25(21-35(41)42)5-8-32(33)44-2/h5-10,20,22-24H,3-4,11-19,21H2,1-2H3,(H,41,42). The first kappa shape index (κ1) is 37.4. The largest absolute Gasteiger partial charge is 0.493 e. The van der Waals surface area contributed by atoms with Gasteiger partial charge in [0.25, 0.3) is 5.91 Å². The third-order valence-electron chi connectivity index (χ3n) is 8.03. The van der Waals surface area contributed by atoms with Crippen molar-refractivity contribution in [1.29, 1.82) is 0 Å². The number of carboxylic acid groups (broad SMARTS) is 1. The fraction of sp³-hybridized carbons (Fsp3) is 0.378. The number of amides is 1. The van der Waals surface area contributed by atoms with Gasteiger partial charge in [-0.3, -0.25) is 19.4 Å². The molecule has 0 aromatic heterocycles. The van der Waals surface area contributed by atoms with Crippen LogP contribution in [0.25, 0.3) is 17.2 Å². The Morgan fingerprint density at radius 1 is 0.940 bits per heavy atom. The summed E-state index contributed by atoms with van der Waals surface area (Å²) >= 11 is 13.4. The molecule has 10 nitrogen and oxygen atoms in total. The Morgan fingerprint density at radius 2 is 1.64 bits per heavy atom. The minimum Gasteiger partial charge on any atom is -0.493 e. The molecule has 2 aliphatic rings. The van der Waals surface area contributed by atoms with Crippen molar-refractivity contribution in [3.8, 4) is 34.1 Å². The normalized spacial score (nSPS) is 15.8. The summed E-state index contributed by atoms with van der Waals surface area (Å²) in [6.07, 6.45) is 3.09. The molecule has 13 heteroatoms. The van der Waals surface area contributed by atoms with Gasteiger partial charge in [-0.25, -0.2) is 0 Å². The van der Waals surface area contributed by atoms with E-state index in [9.17, 15) is 9.59 Å². The minimum atomic E-state index is -0.933. The zero-order valence-corrected chi connectivity index (χ0v) is 30.5. The van der Waals surface area contributed by atoms with Crippen LogP contribution in [0.1, 0.15) is 30.9 Å². The van der Waals surface area contributed by atoms with Crippen LogP contribution < -0.4 is 18.9 Å². The molecule has 0 saturated carbocycles. The average molecular weight is 741 g/mol. The number of hydrogen-bond acceptors (Lipinski definition) is 10. The van der Waals surface area contributed by atoms with Crippen molar-refractivity contribution in [3.63, 3.8) is 0 Å². The maximum absolute atomic E-state index is 13.6. The molecule has 0 aliphatic carbocycles. The third kappa shape index (κ3) is 10.1. The van der Waals surface area contributed by atoms with Crippen molar-refractivity contribution < 1.29 is 38.4 Å². The quantitative estimate of drug-likeness (QED) is 0.0896. The highest BCUT2D eigenvalue weighted by atomic mass is 35.5. The van der Waals surface area contributed by atoms with Crippen LogP contribution in [0.5, 0.6) is 23.0 Å². The van der Waals surface area contributed by atoms with Gasteiger partial charge in [0, 0.05) is 31.7 Å². The van der Waals surface area contributed by atoms with E-state index in [1.807, 2.05) is 49.4 Å². The van der Waals surface area contributed by atoms with Gasteiger partial charge in [0.15, 0.2) is 11.5 Å². The first-order valence-electron chi connectivity index (χ1n) is 16.5. The van der Waals surface area contributed by atoms with Crippen LogP contribution in [0.2, 0.25) is 5.02 Å². The van der Waals surface area contributed by atoms with Gasteiger partial charge in [-0.05, 0) is 72.0 Å². The molecule has 1 amide bonds. The fourth-order valence-electron chi connectivity index (χ4n) is 5.45. The van der Waals surface area contributed by atoms with Crippen molar-refractivity contribution in [3.05, 3.63) is 75.7 Å². The number of benzene rings is 3. The van der Waals surface area contributed by atoms with Gasteiger partial charge in [0.05, 0.1) is 49.9 Å². The second-order valence-electron chi connectivity index (χ2n) is 11.6. The topological polar surface area (TPSA) is 107 Å². The van der Waals surface area contributed by atoms with Gasteiger partial charge in [0.1, 0.15) is 22.4 Å². The smallest absolute Gasteiger partial charge is 0.307 e. The Labute approximate surface area is 307 Å². The van der Waals surface area contributed by atoms with E-state index >= 15 is 0 Å². The number of aliphatic carboxylic acids is 1. The number of nitrogens with zero attached hydrogens (tertiary/aromatic N) is 2. The Kier molecular flexibility index (Phi) is 13.8. The van der Waals surface area contributed by atoms with Crippen molar-refractivity contribution in [1.82, 2.24) is 9.80 Å². The number of morpholine rings is 1. The summed E-state index contributed by atoms with van der Waals surface area (Å²) in [7, 11) is 1.52. The SMILES string of the molecule is CCCOc1ccc(-c2ccc(OCCN3CCOCC3)c(C=C3SC(=S)N(CCCOc4cc(CC(=O)O)ccc4OC)C3=O)c2)cc1Cl. The summed E-state index contributed by atoms with van der Waals surface area (Å²) in [4.78, 5) is 29.2. The van der Waals surface area contributed by atoms with Gasteiger partial charge < -0.3 is 28.8 Å². The van der Waals surface area contributed by atoms with Crippen LogP contribution >= 0.6 is 35.6 Å². The Balaban J connectivity index is 1.30. The Morgan fingerprint density at radius 3 is 2.36 bits per heavy atom. The monoisotopic (exact) mass is 740 g/mol. The lowest BCUT2D eigenvalue weighted by Crippen LogP contribution is -2.38. The minimum absolute atomic E-state index is 0.124. The van der Waals surface area contributed by atoms with Gasteiger partial charge in [0.2, 0.25) is 0 Å². The van der Waals surface area contributed by atoms with Crippen molar-refractivity contribution in [2.24, 2.45) is 0 Å². The maximum Gasteiger partial charge on any atom is 0.307 e. The third-order valence-corrected chi connectivity index (χ3v) is 9.71. The van der Waals surface area contributed by atoms with Gasteiger partial charge in [-0.2, -0.15) is 0 Å². The number of carbonyl (C=O) groups is 2. The van der Waals surface area contributed by atoms with Crippen LogP contribution in [-0.2, 0) is 20.7 Å². The zero-order valence-electron chi connectivity index (χ0n) is 28.2. The fourth-order valence-corrected chi connectivity index (χ4v) is 6.98. The van der Waals surface area contributed by atoms with E-state index in [0.29, 0.717) is 82.2 Å². The number of halogens is 1. The van der Waals surface area contributed by atoms with E-state index in [2.05, 4.69) is 4.90 Å². The molecule has 2 saturated heterocycles. The van der Waals surface area contributed by atoms with Crippen molar-refractivity contribution in [2.75, 3.05) is 66.3 Å². The second-order valence-corrected chi connectivity index (χ2v) is 13.7. The number of carbonyl (C=O) groups excluding carboxylic acids is 1. The number of thiocarbonyl (C=S) groups is 1. The summed E-state index contributed by atoms with van der Waals surface area (Å²) in [5, 5.41) is 9.67. The van der Waals surface area contributed by atoms with Crippen LogP contribution in [0, 0.1) is 0 Å². The molecule has 0 spiro atoms. The average Bonchev–Trinajstić information content (AvgIpc) is 3.37. The summed E-state index contributed by atoms with van der Waals surface area (Å²) in [5.41, 5.74) is 3.18. The summed E-state index contributed by atoms with van der Waals surface area (Å²) in [5.74, 6) is 1.13. The van der Waals surface area contributed by atoms with E-state index < -0.39 is 5.97 Å².